The minimum Gasteiger partial charge on any atom is -0.384 e. The second-order valence-corrected chi connectivity index (χ2v) is 5.69. The zero-order chi connectivity index (χ0) is 13.7. The summed E-state index contributed by atoms with van der Waals surface area (Å²) in [6.45, 7) is 3.65. The molecule has 2 rings (SSSR count). The van der Waals surface area contributed by atoms with Crippen LogP contribution in [0.15, 0.2) is 0 Å². The van der Waals surface area contributed by atoms with Gasteiger partial charge in [-0.05, 0) is 38.8 Å². The summed E-state index contributed by atoms with van der Waals surface area (Å²) in [5, 5.41) is 3.33. The highest BCUT2D eigenvalue weighted by atomic mass is 16.5. The number of amides is 1. The van der Waals surface area contributed by atoms with Gasteiger partial charge in [-0.3, -0.25) is 4.79 Å². The summed E-state index contributed by atoms with van der Waals surface area (Å²) in [5.74, 6) is 0.274. The fourth-order valence-electron chi connectivity index (χ4n) is 2.93. The van der Waals surface area contributed by atoms with Gasteiger partial charge in [0.1, 0.15) is 0 Å². The smallest absolute Gasteiger partial charge is 0.231 e. The molecule has 0 aromatic carbocycles. The van der Waals surface area contributed by atoms with Gasteiger partial charge in [0.05, 0.1) is 18.6 Å². The molecule has 1 saturated heterocycles. The predicted molar refractivity (Wildman–Crippen MR) is 73.0 cm³/mol. The lowest BCUT2D eigenvalue weighted by Crippen LogP contribution is -2.52. The van der Waals surface area contributed by atoms with Crippen molar-refractivity contribution in [2.24, 2.45) is 5.41 Å². The summed E-state index contributed by atoms with van der Waals surface area (Å²) in [4.78, 5) is 15.0. The Labute approximate surface area is 115 Å². The molecule has 110 valence electrons. The number of hydrogen-bond donors (Lipinski definition) is 1. The molecule has 0 radical (unpaired) electrons. The number of nitrogens with one attached hydrogen (secondary N) is 1. The molecular weight excluding hydrogens is 244 g/mol. The van der Waals surface area contributed by atoms with E-state index in [1.54, 1.807) is 14.2 Å². The monoisotopic (exact) mass is 270 g/mol. The molecule has 1 aliphatic carbocycles. The topological polar surface area (TPSA) is 50.8 Å². The maximum absolute atomic E-state index is 13.0. The Balaban J connectivity index is 2.07. The molecule has 0 spiro atoms. The second kappa shape index (κ2) is 6.68. The molecule has 0 aromatic rings. The van der Waals surface area contributed by atoms with Crippen molar-refractivity contribution in [1.29, 1.82) is 0 Å². The second-order valence-electron chi connectivity index (χ2n) is 5.69. The first kappa shape index (κ1) is 14.8. The Morgan fingerprint density at radius 2 is 1.95 bits per heavy atom. The van der Waals surface area contributed by atoms with Crippen LogP contribution < -0.4 is 5.32 Å². The molecule has 2 fully saturated rings. The minimum absolute atomic E-state index is 0.274. The van der Waals surface area contributed by atoms with E-state index in [1.807, 2.05) is 4.90 Å². The number of nitrogens with zero attached hydrogens (tertiary/aromatic N) is 1. The van der Waals surface area contributed by atoms with Crippen LogP contribution in [0.4, 0.5) is 0 Å². The Kier molecular flexibility index (Phi) is 5.19. The first-order chi connectivity index (χ1) is 9.23. The maximum atomic E-state index is 13.0. The summed E-state index contributed by atoms with van der Waals surface area (Å²) in [6, 6.07) is 0.436. The number of ether oxygens (including phenoxy) is 2. The van der Waals surface area contributed by atoms with Gasteiger partial charge >= 0.3 is 0 Å². The summed E-state index contributed by atoms with van der Waals surface area (Å²) in [5.41, 5.74) is -0.323. The Morgan fingerprint density at radius 3 is 2.47 bits per heavy atom. The lowest BCUT2D eigenvalue weighted by Gasteiger charge is -2.39. The number of methoxy groups -OCH3 is 2. The predicted octanol–water partition coefficient (Wildman–Crippen LogP) is 0.640. The third kappa shape index (κ3) is 3.46. The van der Waals surface area contributed by atoms with Gasteiger partial charge < -0.3 is 19.7 Å². The quantitative estimate of drug-likeness (QED) is 0.737. The number of rotatable bonds is 7. The summed E-state index contributed by atoms with van der Waals surface area (Å²) in [7, 11) is 3.37. The van der Waals surface area contributed by atoms with Crippen molar-refractivity contribution in [3.63, 3.8) is 0 Å². The first-order valence-corrected chi connectivity index (χ1v) is 7.23. The lowest BCUT2D eigenvalue weighted by molar-refractivity contribution is -0.148. The van der Waals surface area contributed by atoms with Crippen LogP contribution in [0.3, 0.4) is 0 Å². The van der Waals surface area contributed by atoms with Crippen molar-refractivity contribution in [3.05, 3.63) is 0 Å². The van der Waals surface area contributed by atoms with Crippen LogP contribution in [0.25, 0.3) is 0 Å². The number of carbonyl (C=O) groups is 1. The van der Waals surface area contributed by atoms with Gasteiger partial charge in [-0.15, -0.1) is 0 Å². The van der Waals surface area contributed by atoms with Crippen molar-refractivity contribution in [2.75, 3.05) is 47.1 Å². The Morgan fingerprint density at radius 1 is 1.26 bits per heavy atom. The van der Waals surface area contributed by atoms with Gasteiger partial charge in [-0.25, -0.2) is 0 Å². The van der Waals surface area contributed by atoms with Crippen LogP contribution in [0.2, 0.25) is 0 Å². The summed E-state index contributed by atoms with van der Waals surface area (Å²) in [6.07, 6.45) is 4.01. The molecule has 0 aromatic heterocycles. The van der Waals surface area contributed by atoms with E-state index in [1.165, 1.54) is 0 Å². The van der Waals surface area contributed by atoms with E-state index >= 15 is 0 Å². The van der Waals surface area contributed by atoms with Gasteiger partial charge in [0.25, 0.3) is 0 Å². The molecule has 5 nitrogen and oxygen atoms in total. The van der Waals surface area contributed by atoms with Crippen LogP contribution in [0.5, 0.6) is 0 Å². The molecule has 1 heterocycles. The fourth-order valence-corrected chi connectivity index (χ4v) is 2.93. The van der Waals surface area contributed by atoms with E-state index in [2.05, 4.69) is 5.32 Å². The van der Waals surface area contributed by atoms with E-state index in [4.69, 9.17) is 9.47 Å². The van der Waals surface area contributed by atoms with Crippen molar-refractivity contribution in [1.82, 2.24) is 10.2 Å². The van der Waals surface area contributed by atoms with Crippen LogP contribution >= 0.6 is 0 Å². The highest BCUT2D eigenvalue weighted by Crippen LogP contribution is 2.36. The molecule has 1 N–H and O–H groups in total. The van der Waals surface area contributed by atoms with Gasteiger partial charge in [0.2, 0.25) is 5.91 Å². The highest BCUT2D eigenvalue weighted by Gasteiger charge is 2.45. The molecule has 0 unspecified atom stereocenters. The summed E-state index contributed by atoms with van der Waals surface area (Å²) >= 11 is 0. The van der Waals surface area contributed by atoms with Crippen LogP contribution in [-0.4, -0.2) is 63.9 Å². The van der Waals surface area contributed by atoms with Crippen molar-refractivity contribution in [3.8, 4) is 0 Å². The molecule has 1 aliphatic heterocycles. The van der Waals surface area contributed by atoms with E-state index in [0.717, 1.165) is 38.8 Å². The average Bonchev–Trinajstić information content (AvgIpc) is 3.25. The molecule has 1 amide bonds. The maximum Gasteiger partial charge on any atom is 0.231 e. The Bertz CT molecular complexity index is 294. The van der Waals surface area contributed by atoms with E-state index < -0.39 is 0 Å². The Hall–Kier alpha value is -0.650. The molecule has 2 aliphatic rings. The molecular formula is C14H26N2O3. The van der Waals surface area contributed by atoms with Crippen LogP contribution in [-0.2, 0) is 14.3 Å². The van der Waals surface area contributed by atoms with Gasteiger partial charge in [-0.2, -0.15) is 0 Å². The average molecular weight is 270 g/mol. The zero-order valence-electron chi connectivity index (χ0n) is 12.1. The number of hydrogen-bond acceptors (Lipinski definition) is 4. The van der Waals surface area contributed by atoms with Gasteiger partial charge in [-0.1, -0.05) is 0 Å². The highest BCUT2D eigenvalue weighted by molar-refractivity contribution is 5.83. The first-order valence-electron chi connectivity index (χ1n) is 7.23. The largest absolute Gasteiger partial charge is 0.384 e. The lowest BCUT2D eigenvalue weighted by atomic mass is 9.78. The normalized spacial score (nSPS) is 22.2. The number of carbonyl (C=O) groups excluding carboxylic acids is 1. The van der Waals surface area contributed by atoms with Crippen molar-refractivity contribution < 1.29 is 14.3 Å². The molecule has 1 saturated carbocycles. The third-order valence-corrected chi connectivity index (χ3v) is 4.22. The fraction of sp³-hybridized carbons (Fsp3) is 0.929. The minimum atomic E-state index is -0.323. The SMILES string of the molecule is COCCN(C(=O)C1(COC)CCNCC1)C1CC1. The molecule has 0 bridgehead atoms. The third-order valence-electron chi connectivity index (χ3n) is 4.22. The zero-order valence-corrected chi connectivity index (χ0v) is 12.1. The van der Waals surface area contributed by atoms with Crippen molar-refractivity contribution in [2.45, 2.75) is 31.7 Å². The summed E-state index contributed by atoms with van der Waals surface area (Å²) < 4.78 is 10.5. The standard InChI is InChI=1S/C14H26N2O3/c1-18-10-9-16(12-3-4-12)13(17)14(11-19-2)5-7-15-8-6-14/h12,15H,3-11H2,1-2H3. The molecule has 0 atom stereocenters. The van der Waals surface area contributed by atoms with Crippen LogP contribution in [0.1, 0.15) is 25.7 Å². The molecule has 19 heavy (non-hydrogen) atoms. The van der Waals surface area contributed by atoms with E-state index in [0.29, 0.717) is 25.8 Å². The number of piperidine rings is 1. The van der Waals surface area contributed by atoms with E-state index in [9.17, 15) is 4.79 Å². The van der Waals surface area contributed by atoms with Gasteiger partial charge in [0.15, 0.2) is 0 Å². The molecule has 5 heteroatoms. The van der Waals surface area contributed by atoms with E-state index in [-0.39, 0.29) is 11.3 Å². The van der Waals surface area contributed by atoms with Crippen molar-refractivity contribution >= 4 is 5.91 Å². The van der Waals surface area contributed by atoms with Gasteiger partial charge in [0, 0.05) is 26.8 Å². The van der Waals surface area contributed by atoms with Crippen LogP contribution in [0, 0.1) is 5.41 Å².